The van der Waals surface area contributed by atoms with Crippen LogP contribution in [0.3, 0.4) is 0 Å². The fraction of sp³-hybridized carbons (Fsp3) is 0.556. The lowest BCUT2D eigenvalue weighted by molar-refractivity contribution is -0.133. The van der Waals surface area contributed by atoms with Crippen LogP contribution in [0.2, 0.25) is 0 Å². The van der Waals surface area contributed by atoms with Crippen molar-refractivity contribution < 1.29 is 18.3 Å². The van der Waals surface area contributed by atoms with Gasteiger partial charge in [0.2, 0.25) is 5.91 Å². The first kappa shape index (κ1) is 19.9. The number of amides is 1. The normalized spacial score (nSPS) is 17.5. The minimum atomic E-state index is -0.728. The van der Waals surface area contributed by atoms with Crippen LogP contribution in [0.15, 0.2) is 23.2 Å². The summed E-state index contributed by atoms with van der Waals surface area (Å²) in [5.41, 5.74) is 0. The maximum absolute atomic E-state index is 13.5. The summed E-state index contributed by atoms with van der Waals surface area (Å²) in [6, 6.07) is 3.33. The molecule has 0 spiro atoms. The Morgan fingerprint density at radius 3 is 2.85 bits per heavy atom. The highest BCUT2D eigenvalue weighted by atomic mass is 19.1. The second kappa shape index (κ2) is 9.35. The molecule has 8 heteroatoms. The van der Waals surface area contributed by atoms with Crippen molar-refractivity contribution in [2.45, 2.75) is 26.3 Å². The summed E-state index contributed by atoms with van der Waals surface area (Å²) in [6.45, 7) is 5.78. The van der Waals surface area contributed by atoms with Gasteiger partial charge in [-0.1, -0.05) is 13.8 Å². The first-order valence-electron chi connectivity index (χ1n) is 8.74. The van der Waals surface area contributed by atoms with E-state index in [-0.39, 0.29) is 30.2 Å². The van der Waals surface area contributed by atoms with Crippen LogP contribution in [0.5, 0.6) is 5.75 Å². The molecule has 0 saturated carbocycles. The fourth-order valence-electron chi connectivity index (χ4n) is 2.75. The minimum Gasteiger partial charge on any atom is -0.489 e. The number of rotatable bonds is 6. The Labute approximate surface area is 152 Å². The number of benzene rings is 1. The molecule has 2 N–H and O–H groups in total. The van der Waals surface area contributed by atoms with Gasteiger partial charge in [-0.2, -0.15) is 0 Å². The molecule has 1 unspecified atom stereocenters. The van der Waals surface area contributed by atoms with E-state index in [1.54, 1.807) is 7.05 Å². The van der Waals surface area contributed by atoms with Crippen LogP contribution in [-0.2, 0) is 4.79 Å². The molecule has 0 aliphatic carbocycles. The van der Waals surface area contributed by atoms with E-state index in [2.05, 4.69) is 15.6 Å². The number of likely N-dealkylation sites (tertiary alicyclic amines) is 1. The Balaban J connectivity index is 1.72. The number of hydrogen-bond donors (Lipinski definition) is 2. The third-order valence-electron chi connectivity index (χ3n) is 4.10. The van der Waals surface area contributed by atoms with Gasteiger partial charge in [-0.25, -0.2) is 8.78 Å². The quantitative estimate of drug-likeness (QED) is 0.456. The van der Waals surface area contributed by atoms with Gasteiger partial charge in [-0.3, -0.25) is 9.79 Å². The Kier molecular flexibility index (Phi) is 7.17. The smallest absolute Gasteiger partial charge is 0.225 e. The number of hydrogen-bond acceptors (Lipinski definition) is 3. The van der Waals surface area contributed by atoms with E-state index in [9.17, 15) is 13.6 Å². The average molecular weight is 368 g/mol. The standard InChI is InChI=1S/C18H26F2N4O2/c1-12(2)17(25)24-8-6-14(11-24)23-18(21-3)22-7-9-26-16-5-4-13(19)10-15(16)20/h4-5,10,12,14H,6-9,11H2,1-3H3,(H2,21,22,23). The summed E-state index contributed by atoms with van der Waals surface area (Å²) < 4.78 is 31.6. The van der Waals surface area contributed by atoms with Gasteiger partial charge in [0, 0.05) is 38.2 Å². The van der Waals surface area contributed by atoms with Gasteiger partial charge in [0.1, 0.15) is 12.4 Å². The second-order valence-corrected chi connectivity index (χ2v) is 6.49. The van der Waals surface area contributed by atoms with E-state index in [1.165, 1.54) is 6.07 Å². The predicted octanol–water partition coefficient (Wildman–Crippen LogP) is 1.77. The van der Waals surface area contributed by atoms with Gasteiger partial charge in [0.25, 0.3) is 0 Å². The Morgan fingerprint density at radius 2 is 2.19 bits per heavy atom. The van der Waals surface area contributed by atoms with Gasteiger partial charge in [0.15, 0.2) is 17.5 Å². The molecule has 1 aromatic carbocycles. The molecule has 1 heterocycles. The summed E-state index contributed by atoms with van der Waals surface area (Å²) in [7, 11) is 1.65. The zero-order valence-electron chi connectivity index (χ0n) is 15.4. The molecule has 0 aromatic heterocycles. The Morgan fingerprint density at radius 1 is 1.42 bits per heavy atom. The lowest BCUT2D eigenvalue weighted by Gasteiger charge is -2.20. The highest BCUT2D eigenvalue weighted by Crippen LogP contribution is 2.17. The van der Waals surface area contributed by atoms with E-state index in [0.717, 1.165) is 25.1 Å². The number of carbonyl (C=O) groups is 1. The SMILES string of the molecule is CN=C(NCCOc1ccc(F)cc1F)NC1CCN(C(=O)C(C)C)C1. The van der Waals surface area contributed by atoms with Crippen LogP contribution >= 0.6 is 0 Å². The van der Waals surface area contributed by atoms with E-state index in [4.69, 9.17) is 4.74 Å². The van der Waals surface area contributed by atoms with E-state index < -0.39 is 11.6 Å². The molecule has 0 radical (unpaired) electrons. The van der Waals surface area contributed by atoms with Crippen molar-refractivity contribution in [2.24, 2.45) is 10.9 Å². The zero-order valence-corrected chi connectivity index (χ0v) is 15.4. The van der Waals surface area contributed by atoms with Crippen molar-refractivity contribution in [1.82, 2.24) is 15.5 Å². The number of nitrogens with zero attached hydrogens (tertiary/aromatic N) is 2. The summed E-state index contributed by atoms with van der Waals surface area (Å²) >= 11 is 0. The largest absolute Gasteiger partial charge is 0.489 e. The van der Waals surface area contributed by atoms with Crippen LogP contribution in [0.1, 0.15) is 20.3 Å². The molecule has 1 aromatic rings. The first-order chi connectivity index (χ1) is 12.4. The van der Waals surface area contributed by atoms with Crippen molar-refractivity contribution in [3.8, 4) is 5.75 Å². The number of guanidine groups is 1. The minimum absolute atomic E-state index is 0.00445. The molecular formula is C18H26F2N4O2. The van der Waals surface area contributed by atoms with Crippen molar-refractivity contribution in [2.75, 3.05) is 33.3 Å². The predicted molar refractivity (Wildman–Crippen MR) is 96.2 cm³/mol. The maximum Gasteiger partial charge on any atom is 0.225 e. The van der Waals surface area contributed by atoms with Crippen molar-refractivity contribution in [3.63, 3.8) is 0 Å². The number of nitrogens with one attached hydrogen (secondary N) is 2. The highest BCUT2D eigenvalue weighted by molar-refractivity contribution is 5.81. The second-order valence-electron chi connectivity index (χ2n) is 6.49. The van der Waals surface area contributed by atoms with Crippen LogP contribution in [0.25, 0.3) is 0 Å². The van der Waals surface area contributed by atoms with Crippen LogP contribution < -0.4 is 15.4 Å². The third-order valence-corrected chi connectivity index (χ3v) is 4.10. The molecule has 1 saturated heterocycles. The van der Waals surface area contributed by atoms with E-state index in [1.807, 2.05) is 18.7 Å². The van der Waals surface area contributed by atoms with Gasteiger partial charge < -0.3 is 20.3 Å². The molecule has 2 rings (SSSR count). The Bertz CT molecular complexity index is 652. The Hall–Kier alpha value is -2.38. The number of halogens is 2. The zero-order chi connectivity index (χ0) is 19.1. The lowest BCUT2D eigenvalue weighted by atomic mass is 10.2. The number of ether oxygens (including phenoxy) is 1. The van der Waals surface area contributed by atoms with E-state index >= 15 is 0 Å². The monoisotopic (exact) mass is 368 g/mol. The first-order valence-corrected chi connectivity index (χ1v) is 8.74. The van der Waals surface area contributed by atoms with Crippen LogP contribution in [-0.4, -0.2) is 56.1 Å². The highest BCUT2D eigenvalue weighted by Gasteiger charge is 2.27. The molecule has 26 heavy (non-hydrogen) atoms. The number of aliphatic imine (C=N–C) groups is 1. The molecule has 6 nitrogen and oxygen atoms in total. The topological polar surface area (TPSA) is 66.0 Å². The van der Waals surface area contributed by atoms with Gasteiger partial charge in [-0.05, 0) is 18.6 Å². The summed E-state index contributed by atoms with van der Waals surface area (Å²) in [5.74, 6) is -0.610. The van der Waals surface area contributed by atoms with Gasteiger partial charge in [-0.15, -0.1) is 0 Å². The van der Waals surface area contributed by atoms with Crippen molar-refractivity contribution >= 4 is 11.9 Å². The average Bonchev–Trinajstić information content (AvgIpc) is 3.06. The maximum atomic E-state index is 13.5. The molecule has 144 valence electrons. The van der Waals surface area contributed by atoms with Gasteiger partial charge in [0.05, 0.1) is 6.54 Å². The molecule has 0 bridgehead atoms. The fourth-order valence-corrected chi connectivity index (χ4v) is 2.75. The van der Waals surface area contributed by atoms with Crippen molar-refractivity contribution in [1.29, 1.82) is 0 Å². The summed E-state index contributed by atoms with van der Waals surface area (Å²) in [5, 5.41) is 6.35. The van der Waals surface area contributed by atoms with Crippen LogP contribution in [0.4, 0.5) is 8.78 Å². The summed E-state index contributed by atoms with van der Waals surface area (Å²) in [4.78, 5) is 18.0. The molecule has 1 fully saturated rings. The number of carbonyl (C=O) groups excluding carboxylic acids is 1. The molecular weight excluding hydrogens is 342 g/mol. The van der Waals surface area contributed by atoms with E-state index in [0.29, 0.717) is 19.0 Å². The summed E-state index contributed by atoms with van der Waals surface area (Å²) in [6.07, 6.45) is 0.858. The van der Waals surface area contributed by atoms with Gasteiger partial charge >= 0.3 is 0 Å². The lowest BCUT2D eigenvalue weighted by Crippen LogP contribution is -2.46. The molecule has 1 amide bonds. The van der Waals surface area contributed by atoms with Crippen LogP contribution in [0, 0.1) is 17.6 Å². The third kappa shape index (κ3) is 5.57. The molecule has 1 aliphatic rings. The molecule has 1 atom stereocenters. The van der Waals surface area contributed by atoms with Crippen molar-refractivity contribution in [3.05, 3.63) is 29.8 Å². The molecule has 1 aliphatic heterocycles.